The number of aromatic nitrogens is 1. The van der Waals surface area contributed by atoms with Gasteiger partial charge in [0.25, 0.3) is 0 Å². The molecule has 3 nitrogen and oxygen atoms in total. The first-order chi connectivity index (χ1) is 8.38. The molecule has 84 valence electrons. The molecule has 0 saturated heterocycles. The first kappa shape index (κ1) is 10.1. The van der Waals surface area contributed by atoms with Crippen molar-refractivity contribution in [1.29, 1.82) is 0 Å². The van der Waals surface area contributed by atoms with Crippen LogP contribution < -0.4 is 0 Å². The lowest BCUT2D eigenvalue weighted by molar-refractivity contribution is 0.282. The molecule has 2 heterocycles. The van der Waals surface area contributed by atoms with Gasteiger partial charge in [0.05, 0.1) is 18.6 Å². The third-order valence-electron chi connectivity index (χ3n) is 2.76. The van der Waals surface area contributed by atoms with E-state index in [0.717, 1.165) is 27.8 Å². The molecule has 17 heavy (non-hydrogen) atoms. The second-order valence-electron chi connectivity index (χ2n) is 3.85. The molecular weight excluding hydrogens is 214 g/mol. The number of rotatable bonds is 2. The van der Waals surface area contributed by atoms with E-state index in [2.05, 4.69) is 4.98 Å². The van der Waals surface area contributed by atoms with Crippen molar-refractivity contribution >= 4 is 11.0 Å². The molecule has 0 fully saturated rings. The lowest BCUT2D eigenvalue weighted by atomic mass is 10.1. The minimum atomic E-state index is 0.0369. The van der Waals surface area contributed by atoms with Gasteiger partial charge in [-0.2, -0.15) is 0 Å². The van der Waals surface area contributed by atoms with Gasteiger partial charge in [-0.05, 0) is 23.8 Å². The van der Waals surface area contributed by atoms with Gasteiger partial charge in [0.2, 0.25) is 0 Å². The van der Waals surface area contributed by atoms with E-state index < -0.39 is 0 Å². The van der Waals surface area contributed by atoms with E-state index in [4.69, 9.17) is 9.52 Å². The first-order valence-corrected chi connectivity index (χ1v) is 5.41. The largest absolute Gasteiger partial charge is 0.464 e. The van der Waals surface area contributed by atoms with Crippen LogP contribution in [0.25, 0.3) is 22.2 Å². The van der Waals surface area contributed by atoms with Gasteiger partial charge in [0, 0.05) is 17.1 Å². The number of hydrogen-bond donors (Lipinski definition) is 1. The number of aliphatic hydroxyl groups excluding tert-OH is 1. The molecule has 0 bridgehead atoms. The lowest BCUT2D eigenvalue weighted by Gasteiger charge is -2.03. The van der Waals surface area contributed by atoms with E-state index in [1.54, 1.807) is 12.5 Å². The minimum absolute atomic E-state index is 0.0369. The average molecular weight is 225 g/mol. The smallest absolute Gasteiger partial charge is 0.137 e. The molecule has 2 aromatic heterocycles. The fourth-order valence-electron chi connectivity index (χ4n) is 1.94. The number of nitrogens with zero attached hydrogens (tertiary/aromatic N) is 1. The van der Waals surface area contributed by atoms with Crippen molar-refractivity contribution in [2.45, 2.75) is 6.61 Å². The molecule has 0 amide bonds. The second-order valence-corrected chi connectivity index (χ2v) is 3.85. The summed E-state index contributed by atoms with van der Waals surface area (Å²) in [4.78, 5) is 4.38. The zero-order valence-corrected chi connectivity index (χ0v) is 9.13. The second kappa shape index (κ2) is 4.03. The highest BCUT2D eigenvalue weighted by molar-refractivity contribution is 5.91. The van der Waals surface area contributed by atoms with E-state index >= 15 is 0 Å². The Morgan fingerprint density at radius 1 is 1.18 bits per heavy atom. The minimum Gasteiger partial charge on any atom is -0.464 e. The summed E-state index contributed by atoms with van der Waals surface area (Å²) in [5.74, 6) is 0. The molecule has 3 heteroatoms. The van der Waals surface area contributed by atoms with Crippen LogP contribution in [0.5, 0.6) is 0 Å². The summed E-state index contributed by atoms with van der Waals surface area (Å²) in [7, 11) is 0. The summed E-state index contributed by atoms with van der Waals surface area (Å²) in [6, 6.07) is 11.5. The third-order valence-corrected chi connectivity index (χ3v) is 2.76. The quantitative estimate of drug-likeness (QED) is 0.729. The molecule has 0 aliphatic heterocycles. The highest BCUT2D eigenvalue weighted by atomic mass is 16.3. The molecule has 0 spiro atoms. The molecule has 3 aromatic rings. The molecule has 3 rings (SSSR count). The van der Waals surface area contributed by atoms with Crippen LogP contribution in [-0.4, -0.2) is 10.1 Å². The highest BCUT2D eigenvalue weighted by Gasteiger charge is 2.07. The van der Waals surface area contributed by atoms with Crippen LogP contribution in [-0.2, 0) is 6.61 Å². The normalized spacial score (nSPS) is 10.9. The van der Waals surface area contributed by atoms with Crippen molar-refractivity contribution < 1.29 is 9.52 Å². The monoisotopic (exact) mass is 225 g/mol. The Hall–Kier alpha value is -2.13. The van der Waals surface area contributed by atoms with Gasteiger partial charge >= 0.3 is 0 Å². The summed E-state index contributed by atoms with van der Waals surface area (Å²) >= 11 is 0. The Balaban J connectivity index is 2.23. The molecule has 0 radical (unpaired) electrons. The zero-order valence-electron chi connectivity index (χ0n) is 9.13. The molecule has 0 atom stereocenters. The first-order valence-electron chi connectivity index (χ1n) is 5.41. The van der Waals surface area contributed by atoms with Gasteiger partial charge in [0.15, 0.2) is 0 Å². The van der Waals surface area contributed by atoms with Crippen LogP contribution in [0.3, 0.4) is 0 Å². The molecule has 1 aromatic carbocycles. The summed E-state index contributed by atoms with van der Waals surface area (Å²) in [6.45, 7) is 0.0369. The number of furan rings is 1. The van der Waals surface area contributed by atoms with Crippen LogP contribution in [0, 0.1) is 0 Å². The fourth-order valence-corrected chi connectivity index (χ4v) is 1.94. The van der Waals surface area contributed by atoms with E-state index in [-0.39, 0.29) is 6.61 Å². The fraction of sp³-hybridized carbons (Fsp3) is 0.0714. The van der Waals surface area contributed by atoms with Gasteiger partial charge < -0.3 is 9.52 Å². The molecule has 0 unspecified atom stereocenters. The molecule has 1 N–H and O–H groups in total. The van der Waals surface area contributed by atoms with Crippen LogP contribution in [0.4, 0.5) is 0 Å². The Morgan fingerprint density at radius 3 is 3.00 bits per heavy atom. The van der Waals surface area contributed by atoms with Crippen LogP contribution >= 0.6 is 0 Å². The maximum atomic E-state index is 9.14. The van der Waals surface area contributed by atoms with Crippen molar-refractivity contribution in [3.05, 3.63) is 54.4 Å². The van der Waals surface area contributed by atoms with Gasteiger partial charge in [-0.25, -0.2) is 0 Å². The highest BCUT2D eigenvalue weighted by Crippen LogP contribution is 2.27. The lowest BCUT2D eigenvalue weighted by Crippen LogP contribution is -1.87. The molecule has 0 saturated carbocycles. The van der Waals surface area contributed by atoms with Crippen molar-refractivity contribution in [3.8, 4) is 11.3 Å². The van der Waals surface area contributed by atoms with E-state index in [1.807, 2.05) is 36.4 Å². The van der Waals surface area contributed by atoms with Crippen molar-refractivity contribution in [1.82, 2.24) is 4.98 Å². The van der Waals surface area contributed by atoms with Crippen LogP contribution in [0.1, 0.15) is 5.56 Å². The predicted molar refractivity (Wildman–Crippen MR) is 65.4 cm³/mol. The third kappa shape index (κ3) is 1.70. The topological polar surface area (TPSA) is 46.3 Å². The van der Waals surface area contributed by atoms with Crippen molar-refractivity contribution in [2.24, 2.45) is 0 Å². The van der Waals surface area contributed by atoms with Crippen LogP contribution in [0.2, 0.25) is 0 Å². The number of benzene rings is 1. The average Bonchev–Trinajstić information content (AvgIpc) is 2.87. The van der Waals surface area contributed by atoms with Gasteiger partial charge in [-0.3, -0.25) is 4.98 Å². The molecule has 0 aliphatic rings. The Morgan fingerprint density at radius 2 is 2.12 bits per heavy atom. The number of hydrogen-bond acceptors (Lipinski definition) is 3. The standard InChI is InChI=1S/C14H11NO2/c16-9-10-2-1-3-11(8-10)14-12-5-7-17-13(12)4-6-15-14/h1-8,16H,9H2. The Labute approximate surface area is 98.3 Å². The number of fused-ring (bicyclic) bond motifs is 1. The van der Waals surface area contributed by atoms with E-state index in [0.29, 0.717) is 0 Å². The Bertz CT molecular complexity index is 658. The van der Waals surface area contributed by atoms with Gasteiger partial charge in [-0.1, -0.05) is 18.2 Å². The van der Waals surface area contributed by atoms with Crippen molar-refractivity contribution in [3.63, 3.8) is 0 Å². The summed E-state index contributed by atoms with van der Waals surface area (Å²) < 4.78 is 5.35. The maximum absolute atomic E-state index is 9.14. The van der Waals surface area contributed by atoms with Gasteiger partial charge in [0.1, 0.15) is 5.58 Å². The summed E-state index contributed by atoms with van der Waals surface area (Å²) in [6.07, 6.45) is 3.39. The predicted octanol–water partition coefficient (Wildman–Crippen LogP) is 2.99. The molecular formula is C14H11NO2. The Kier molecular flexibility index (Phi) is 2.38. The summed E-state index contributed by atoms with van der Waals surface area (Å²) in [5, 5.41) is 10.1. The molecule has 0 aliphatic carbocycles. The van der Waals surface area contributed by atoms with E-state index in [9.17, 15) is 0 Å². The van der Waals surface area contributed by atoms with Gasteiger partial charge in [-0.15, -0.1) is 0 Å². The SMILES string of the molecule is OCc1cccc(-c2nccc3occc23)c1. The van der Waals surface area contributed by atoms with E-state index in [1.165, 1.54) is 0 Å². The zero-order chi connectivity index (χ0) is 11.7. The number of aliphatic hydroxyl groups is 1. The summed E-state index contributed by atoms with van der Waals surface area (Å²) in [5.41, 5.74) is 3.57. The van der Waals surface area contributed by atoms with Crippen molar-refractivity contribution in [2.75, 3.05) is 0 Å². The maximum Gasteiger partial charge on any atom is 0.137 e. The number of pyridine rings is 1. The van der Waals surface area contributed by atoms with Crippen LogP contribution in [0.15, 0.2) is 53.3 Å².